The summed E-state index contributed by atoms with van der Waals surface area (Å²) < 4.78 is 5.58. The minimum absolute atomic E-state index is 0.0589. The number of aliphatic hydroxyl groups is 1. The molecule has 2 aromatic rings. The zero-order valence-corrected chi connectivity index (χ0v) is 12.3. The molecule has 1 unspecified atom stereocenters. The van der Waals surface area contributed by atoms with Gasteiger partial charge in [0, 0.05) is 10.6 Å². The molecular formula is C16H16ClNO3. The number of aryl methyl sites for hydroxylation is 1. The average Bonchev–Trinajstić information content (AvgIpc) is 2.45. The van der Waals surface area contributed by atoms with Crippen molar-refractivity contribution in [1.82, 2.24) is 0 Å². The van der Waals surface area contributed by atoms with Gasteiger partial charge in [0.15, 0.2) is 0 Å². The first-order valence-electron chi connectivity index (χ1n) is 6.44. The second-order valence-electron chi connectivity index (χ2n) is 4.73. The molecule has 1 amide bonds. The molecule has 0 fully saturated rings. The number of hydrogen-bond donors (Lipinski definition) is 2. The normalized spacial score (nSPS) is 12.0. The average molecular weight is 306 g/mol. The third-order valence-electron chi connectivity index (χ3n) is 3.10. The summed E-state index contributed by atoms with van der Waals surface area (Å²) in [6.45, 7) is 1.91. The Bertz CT molecular complexity index is 658. The molecule has 0 spiro atoms. The Morgan fingerprint density at radius 1 is 1.33 bits per heavy atom. The Morgan fingerprint density at radius 2 is 2.10 bits per heavy atom. The van der Waals surface area contributed by atoms with Gasteiger partial charge in [-0.2, -0.15) is 0 Å². The first-order chi connectivity index (χ1) is 9.97. The quantitative estimate of drug-likeness (QED) is 0.892. The number of halogens is 1. The van der Waals surface area contributed by atoms with Crippen LogP contribution in [0.1, 0.15) is 27.6 Å². The van der Waals surface area contributed by atoms with Gasteiger partial charge in [0.1, 0.15) is 18.5 Å². The van der Waals surface area contributed by atoms with Crippen molar-refractivity contribution in [3.05, 3.63) is 64.2 Å². The number of aliphatic hydroxyl groups excluding tert-OH is 1. The first-order valence-corrected chi connectivity index (χ1v) is 6.82. The molecule has 0 saturated carbocycles. The lowest BCUT2D eigenvalue weighted by Crippen LogP contribution is -2.13. The van der Waals surface area contributed by atoms with E-state index in [0.717, 1.165) is 5.56 Å². The van der Waals surface area contributed by atoms with Crippen molar-refractivity contribution in [3.63, 3.8) is 0 Å². The van der Waals surface area contributed by atoms with Crippen LogP contribution in [0.25, 0.3) is 0 Å². The minimum Gasteiger partial charge on any atom is -0.490 e. The molecule has 0 saturated heterocycles. The van der Waals surface area contributed by atoms with E-state index in [-0.39, 0.29) is 6.61 Å². The molecule has 0 aromatic heterocycles. The van der Waals surface area contributed by atoms with Crippen molar-refractivity contribution in [2.45, 2.75) is 13.0 Å². The van der Waals surface area contributed by atoms with Crippen molar-refractivity contribution in [2.75, 3.05) is 6.61 Å². The Morgan fingerprint density at radius 3 is 2.76 bits per heavy atom. The van der Waals surface area contributed by atoms with Crippen LogP contribution in [0.5, 0.6) is 5.75 Å². The number of amides is 1. The lowest BCUT2D eigenvalue weighted by atomic mass is 10.1. The largest absolute Gasteiger partial charge is 0.490 e. The smallest absolute Gasteiger partial charge is 0.248 e. The van der Waals surface area contributed by atoms with Crippen molar-refractivity contribution in [3.8, 4) is 5.75 Å². The van der Waals surface area contributed by atoms with E-state index in [2.05, 4.69) is 0 Å². The highest BCUT2D eigenvalue weighted by Crippen LogP contribution is 2.23. The zero-order valence-electron chi connectivity index (χ0n) is 11.5. The van der Waals surface area contributed by atoms with Crippen LogP contribution < -0.4 is 10.5 Å². The van der Waals surface area contributed by atoms with E-state index in [9.17, 15) is 9.90 Å². The van der Waals surface area contributed by atoms with Crippen LogP contribution >= 0.6 is 11.6 Å². The molecule has 110 valence electrons. The van der Waals surface area contributed by atoms with Gasteiger partial charge in [0.25, 0.3) is 0 Å². The van der Waals surface area contributed by atoms with Gasteiger partial charge in [0.2, 0.25) is 5.91 Å². The lowest BCUT2D eigenvalue weighted by molar-refractivity contribution is 0.0997. The molecule has 1 atom stereocenters. The second kappa shape index (κ2) is 6.61. The van der Waals surface area contributed by atoms with Gasteiger partial charge in [-0.1, -0.05) is 29.8 Å². The summed E-state index contributed by atoms with van der Waals surface area (Å²) in [5.41, 5.74) is 7.14. The fourth-order valence-electron chi connectivity index (χ4n) is 1.89. The molecule has 2 aromatic carbocycles. The highest BCUT2D eigenvalue weighted by molar-refractivity contribution is 6.30. The Kier molecular flexibility index (Phi) is 4.83. The van der Waals surface area contributed by atoms with Crippen molar-refractivity contribution in [1.29, 1.82) is 0 Å². The monoisotopic (exact) mass is 305 g/mol. The van der Waals surface area contributed by atoms with E-state index in [4.69, 9.17) is 22.1 Å². The zero-order chi connectivity index (χ0) is 15.4. The fraction of sp³-hybridized carbons (Fsp3) is 0.188. The number of benzene rings is 2. The van der Waals surface area contributed by atoms with E-state index in [1.54, 1.807) is 42.5 Å². The summed E-state index contributed by atoms with van der Waals surface area (Å²) in [5, 5.41) is 10.7. The van der Waals surface area contributed by atoms with Crippen LogP contribution in [-0.2, 0) is 0 Å². The first kappa shape index (κ1) is 15.4. The molecule has 5 heteroatoms. The van der Waals surface area contributed by atoms with Crippen LogP contribution in [0.2, 0.25) is 5.02 Å². The molecule has 0 radical (unpaired) electrons. The third-order valence-corrected chi connectivity index (χ3v) is 3.34. The molecule has 21 heavy (non-hydrogen) atoms. The van der Waals surface area contributed by atoms with Crippen LogP contribution in [0.15, 0.2) is 42.5 Å². The Hall–Kier alpha value is -2.04. The van der Waals surface area contributed by atoms with Gasteiger partial charge in [0.05, 0.1) is 0 Å². The summed E-state index contributed by atoms with van der Waals surface area (Å²) in [6.07, 6.45) is -0.805. The van der Waals surface area contributed by atoms with E-state index in [0.29, 0.717) is 21.9 Å². The highest BCUT2D eigenvalue weighted by atomic mass is 35.5. The number of ether oxygens (including phenoxy) is 1. The molecule has 3 N–H and O–H groups in total. The second-order valence-corrected chi connectivity index (χ2v) is 5.16. The number of carbonyl (C=O) groups is 1. The molecule has 0 aliphatic rings. The van der Waals surface area contributed by atoms with E-state index in [1.807, 2.05) is 6.92 Å². The van der Waals surface area contributed by atoms with Gasteiger partial charge in [-0.05, 0) is 42.3 Å². The number of primary amides is 1. The molecule has 0 heterocycles. The number of carbonyl (C=O) groups excluding carboxylic acids is 1. The Balaban J connectivity index is 2.09. The summed E-state index contributed by atoms with van der Waals surface area (Å²) in [7, 11) is 0. The summed E-state index contributed by atoms with van der Waals surface area (Å²) in [4.78, 5) is 11.2. The van der Waals surface area contributed by atoms with Crippen molar-refractivity contribution >= 4 is 17.5 Å². The number of hydrogen-bond acceptors (Lipinski definition) is 3. The highest BCUT2D eigenvalue weighted by Gasteiger charge is 2.11. The van der Waals surface area contributed by atoms with Gasteiger partial charge in [-0.3, -0.25) is 4.79 Å². The maximum absolute atomic E-state index is 11.2. The van der Waals surface area contributed by atoms with Gasteiger partial charge in [-0.25, -0.2) is 0 Å². The lowest BCUT2D eigenvalue weighted by Gasteiger charge is -2.15. The minimum atomic E-state index is -0.805. The number of rotatable bonds is 5. The summed E-state index contributed by atoms with van der Waals surface area (Å²) in [5.74, 6) is 0.00242. The number of nitrogens with two attached hydrogens (primary N) is 1. The predicted octanol–water partition coefficient (Wildman–Crippen LogP) is 2.86. The molecule has 0 aliphatic carbocycles. The van der Waals surface area contributed by atoms with Crippen LogP contribution in [0.3, 0.4) is 0 Å². The third kappa shape index (κ3) is 3.97. The topological polar surface area (TPSA) is 72.6 Å². The van der Waals surface area contributed by atoms with Gasteiger partial charge in [-0.15, -0.1) is 0 Å². The van der Waals surface area contributed by atoms with Crippen LogP contribution in [0.4, 0.5) is 0 Å². The molecular weight excluding hydrogens is 290 g/mol. The standard InChI is InChI=1S/C16H16ClNO3/c1-10-5-6-12(16(18)20)8-15(10)21-9-14(19)11-3-2-4-13(17)7-11/h2-8,14,19H,9H2,1H3,(H2,18,20). The Labute approximate surface area is 128 Å². The maximum Gasteiger partial charge on any atom is 0.248 e. The van der Waals surface area contributed by atoms with Crippen molar-refractivity contribution < 1.29 is 14.6 Å². The fourth-order valence-corrected chi connectivity index (χ4v) is 2.09. The molecule has 4 nitrogen and oxygen atoms in total. The maximum atomic E-state index is 11.2. The van der Waals surface area contributed by atoms with E-state index < -0.39 is 12.0 Å². The molecule has 2 rings (SSSR count). The van der Waals surface area contributed by atoms with Gasteiger partial charge < -0.3 is 15.6 Å². The molecule has 0 aliphatic heterocycles. The SMILES string of the molecule is Cc1ccc(C(N)=O)cc1OCC(O)c1cccc(Cl)c1. The van der Waals surface area contributed by atoms with Crippen LogP contribution in [0, 0.1) is 6.92 Å². The van der Waals surface area contributed by atoms with E-state index in [1.165, 1.54) is 0 Å². The molecule has 0 bridgehead atoms. The summed E-state index contributed by atoms with van der Waals surface area (Å²) in [6, 6.07) is 11.9. The van der Waals surface area contributed by atoms with E-state index >= 15 is 0 Å². The van der Waals surface area contributed by atoms with Gasteiger partial charge >= 0.3 is 0 Å². The van der Waals surface area contributed by atoms with Crippen molar-refractivity contribution in [2.24, 2.45) is 5.73 Å². The predicted molar refractivity (Wildman–Crippen MR) is 81.6 cm³/mol. The summed E-state index contributed by atoms with van der Waals surface area (Å²) >= 11 is 5.88. The van der Waals surface area contributed by atoms with Crippen LogP contribution in [-0.4, -0.2) is 17.6 Å².